The number of phenols is 1. The van der Waals surface area contributed by atoms with Crippen LogP contribution in [0.25, 0.3) is 21.7 Å². The van der Waals surface area contributed by atoms with Crippen molar-refractivity contribution < 1.29 is 33.2 Å². The molecule has 4 aliphatic rings. The number of thiazole rings is 1. The highest BCUT2D eigenvalue weighted by Crippen LogP contribution is 2.41. The molecule has 0 radical (unpaired) electrons. The molecule has 5 atom stereocenters. The standard InChI is InChI=1S/C53H70N10O7SSi/c1-32(2)47(51(66)63-29-40(70-72(8,9)53(5,6)7)25-44(63)50(65)56-33(3)35-14-16-36(17-15-35)48-34(4)55-31-71-48)46-24-37(59-69-46)30-68-52(67)60-20-18-38(19-21-60)61-22-23-62-39(28-61)27-54-49-43(62)26-42(57-58-49)41-12-10-11-13-45(41)64/h10-17,24,26,31-33,38-40,44,47,64H,18-23,25,27-30H2,1-9H3,(H,54,58)(H,56,65)/t33-,39-,40+,44+,47?/m0/s1. The highest BCUT2D eigenvalue weighted by Gasteiger charge is 2.48. The number of likely N-dealkylation sites (tertiary alicyclic amines) is 2. The number of anilines is 2. The zero-order valence-corrected chi connectivity index (χ0v) is 44.9. The van der Waals surface area contributed by atoms with Crippen LogP contribution in [0, 0.1) is 12.8 Å². The Labute approximate surface area is 427 Å². The third-order valence-corrected chi connectivity index (χ3v) is 21.1. The number of benzene rings is 2. The van der Waals surface area contributed by atoms with Gasteiger partial charge >= 0.3 is 6.09 Å². The van der Waals surface area contributed by atoms with Crippen LogP contribution in [0.4, 0.5) is 16.3 Å². The summed E-state index contributed by atoms with van der Waals surface area (Å²) in [6.45, 7) is 23.5. The lowest BCUT2D eigenvalue weighted by molar-refractivity contribution is -0.141. The summed E-state index contributed by atoms with van der Waals surface area (Å²) in [4.78, 5) is 56.5. The molecular weight excluding hydrogens is 949 g/mol. The number of rotatable bonds is 13. The van der Waals surface area contributed by atoms with Crippen molar-refractivity contribution >= 4 is 49.1 Å². The van der Waals surface area contributed by atoms with Gasteiger partial charge in [-0.1, -0.05) is 76.2 Å². The fourth-order valence-electron chi connectivity index (χ4n) is 10.4. The van der Waals surface area contributed by atoms with Crippen LogP contribution in [0.2, 0.25) is 18.1 Å². The predicted octanol–water partition coefficient (Wildman–Crippen LogP) is 8.59. The van der Waals surface area contributed by atoms with Crippen molar-refractivity contribution in [3.63, 3.8) is 0 Å². The van der Waals surface area contributed by atoms with Crippen molar-refractivity contribution in [1.29, 1.82) is 0 Å². The van der Waals surface area contributed by atoms with Crippen LogP contribution in [-0.4, -0.2) is 136 Å². The van der Waals surface area contributed by atoms with Crippen molar-refractivity contribution in [3.05, 3.63) is 88.9 Å². The van der Waals surface area contributed by atoms with E-state index in [0.29, 0.717) is 48.3 Å². The number of piperidine rings is 1. The normalized spacial score (nSPS) is 20.7. The van der Waals surface area contributed by atoms with Gasteiger partial charge in [-0.25, -0.2) is 9.78 Å². The summed E-state index contributed by atoms with van der Waals surface area (Å²) in [6, 6.07) is 18.6. The third-order valence-electron chi connectivity index (χ3n) is 15.6. The molecule has 72 heavy (non-hydrogen) atoms. The minimum Gasteiger partial charge on any atom is -0.507 e. The minimum absolute atomic E-state index is 0.0609. The lowest BCUT2D eigenvalue weighted by atomic mass is 9.91. The Balaban J connectivity index is 0.798. The van der Waals surface area contributed by atoms with Gasteiger partial charge in [-0.15, -0.1) is 21.5 Å². The number of carbonyl (C=O) groups excluding carboxylic acids is 3. The molecule has 5 aromatic rings. The Hall–Kier alpha value is -5.89. The van der Waals surface area contributed by atoms with Gasteiger partial charge < -0.3 is 44.1 Å². The Kier molecular flexibility index (Phi) is 14.8. The number of nitrogens with one attached hydrogen (secondary N) is 2. The van der Waals surface area contributed by atoms with Crippen LogP contribution < -0.4 is 15.5 Å². The van der Waals surface area contributed by atoms with Crippen LogP contribution in [-0.2, 0) is 25.4 Å². The first-order valence-electron chi connectivity index (χ1n) is 25.4. The molecule has 3 aromatic heterocycles. The van der Waals surface area contributed by atoms with Gasteiger partial charge in [0, 0.05) is 69.9 Å². The van der Waals surface area contributed by atoms with Gasteiger partial charge in [-0.3, -0.25) is 14.5 Å². The van der Waals surface area contributed by atoms with Crippen molar-refractivity contribution in [1.82, 2.24) is 40.4 Å². The van der Waals surface area contributed by atoms with E-state index in [-0.39, 0.29) is 59.9 Å². The van der Waals surface area contributed by atoms with E-state index >= 15 is 0 Å². The molecule has 3 amide bonds. The number of phenolic OH excluding ortho intramolecular Hbond substituents is 1. The predicted molar refractivity (Wildman–Crippen MR) is 280 cm³/mol. The first-order valence-corrected chi connectivity index (χ1v) is 29.2. The first-order chi connectivity index (χ1) is 34.3. The van der Waals surface area contributed by atoms with E-state index < -0.39 is 26.4 Å². The second-order valence-corrected chi connectivity index (χ2v) is 27.4. The van der Waals surface area contributed by atoms with Gasteiger partial charge in [0.1, 0.15) is 35.8 Å². The summed E-state index contributed by atoms with van der Waals surface area (Å²) in [5.41, 5.74) is 7.55. The van der Waals surface area contributed by atoms with E-state index in [1.54, 1.807) is 39.3 Å². The second-order valence-electron chi connectivity index (χ2n) is 21.8. The van der Waals surface area contributed by atoms with Crippen molar-refractivity contribution in [2.24, 2.45) is 5.92 Å². The third kappa shape index (κ3) is 10.8. The number of aromatic hydroxyl groups is 1. The molecule has 0 bridgehead atoms. The van der Waals surface area contributed by atoms with Crippen LogP contribution >= 0.6 is 11.3 Å². The van der Waals surface area contributed by atoms with Crippen LogP contribution in [0.5, 0.6) is 5.75 Å². The molecule has 0 spiro atoms. The van der Waals surface area contributed by atoms with E-state index in [0.717, 1.165) is 72.2 Å². The number of amides is 3. The molecule has 384 valence electrons. The summed E-state index contributed by atoms with van der Waals surface area (Å²) in [5, 5.41) is 30.2. The van der Waals surface area contributed by atoms with Gasteiger partial charge in [0.05, 0.1) is 45.7 Å². The monoisotopic (exact) mass is 1020 g/mol. The maximum atomic E-state index is 14.9. The van der Waals surface area contributed by atoms with Gasteiger partial charge in [0.25, 0.3) is 0 Å². The molecule has 2 aromatic carbocycles. The Morgan fingerprint density at radius 3 is 2.42 bits per heavy atom. The van der Waals surface area contributed by atoms with Gasteiger partial charge in [-0.2, -0.15) is 0 Å². The van der Waals surface area contributed by atoms with Crippen LogP contribution in [0.3, 0.4) is 0 Å². The smallest absolute Gasteiger partial charge is 0.410 e. The molecule has 1 unspecified atom stereocenters. The quantitative estimate of drug-likeness (QED) is 0.0950. The van der Waals surface area contributed by atoms with Crippen molar-refractivity contribution in [2.75, 3.05) is 56.0 Å². The summed E-state index contributed by atoms with van der Waals surface area (Å²) >= 11 is 1.60. The lowest BCUT2D eigenvalue weighted by Crippen LogP contribution is -2.61. The van der Waals surface area contributed by atoms with Gasteiger partial charge in [0.15, 0.2) is 14.1 Å². The van der Waals surface area contributed by atoms with Crippen molar-refractivity contribution in [3.8, 4) is 27.4 Å². The number of hydrogen-bond donors (Lipinski definition) is 3. The summed E-state index contributed by atoms with van der Waals surface area (Å²) in [6.07, 6.45) is 1.32. The molecule has 7 heterocycles. The first kappa shape index (κ1) is 51.0. The van der Waals surface area contributed by atoms with Gasteiger partial charge in [0.2, 0.25) is 11.8 Å². The molecule has 0 saturated carbocycles. The maximum absolute atomic E-state index is 14.9. The van der Waals surface area contributed by atoms with Crippen LogP contribution in [0.1, 0.15) is 95.5 Å². The molecule has 3 N–H and O–H groups in total. The van der Waals surface area contributed by atoms with Crippen LogP contribution in [0.15, 0.2) is 70.7 Å². The van der Waals surface area contributed by atoms with E-state index in [2.05, 4.69) is 86.8 Å². The minimum atomic E-state index is -2.26. The molecule has 4 aliphatic heterocycles. The average molecular weight is 1020 g/mol. The summed E-state index contributed by atoms with van der Waals surface area (Å²) in [5.74, 6) is -0.109. The van der Waals surface area contributed by atoms with E-state index in [4.69, 9.17) is 13.7 Å². The number of para-hydroxylation sites is 1. The second kappa shape index (κ2) is 20.9. The molecular formula is C53H70N10O7SSi. The van der Waals surface area contributed by atoms with E-state index in [1.807, 2.05) is 63.5 Å². The average Bonchev–Trinajstić information content (AvgIpc) is 4.13. The molecule has 3 fully saturated rings. The number of aryl methyl sites for hydroxylation is 1. The highest BCUT2D eigenvalue weighted by atomic mass is 32.1. The Bertz CT molecular complexity index is 2730. The van der Waals surface area contributed by atoms with Crippen molar-refractivity contribution in [2.45, 2.75) is 129 Å². The molecule has 17 nitrogen and oxygen atoms in total. The molecule has 9 rings (SSSR count). The summed E-state index contributed by atoms with van der Waals surface area (Å²) in [7, 11) is -2.26. The lowest BCUT2D eigenvalue weighted by Gasteiger charge is -2.49. The fraction of sp³-hybridized carbons (Fsp3) is 0.528. The fourth-order valence-corrected chi connectivity index (χ4v) is 12.6. The number of ether oxygens (including phenoxy) is 1. The number of carbonyl (C=O) groups is 3. The summed E-state index contributed by atoms with van der Waals surface area (Å²) < 4.78 is 18.5. The molecule has 0 aliphatic carbocycles. The largest absolute Gasteiger partial charge is 0.507 e. The van der Waals surface area contributed by atoms with Gasteiger partial charge in [-0.05, 0) is 80.1 Å². The topological polar surface area (TPSA) is 192 Å². The molecule has 3 saturated heterocycles. The Morgan fingerprint density at radius 1 is 0.972 bits per heavy atom. The SMILES string of the molecule is Cc1ncsc1-c1ccc([C@H](C)NC(=O)[C@H]2C[C@@H](O[Si](C)(C)C(C)(C)C)CN2C(=O)C(c2cc(COC(=O)N3CCC(N4CCN5c6cc(-c7ccccc7O)nnc6NC[C@H]5C4)CC3)no2)C(C)C)cc1. The Morgan fingerprint density at radius 2 is 1.72 bits per heavy atom. The van der Waals surface area contributed by atoms with E-state index in [9.17, 15) is 19.5 Å². The number of hydrogen-bond acceptors (Lipinski definition) is 15. The number of nitrogens with zero attached hydrogens (tertiary/aromatic N) is 8. The van der Waals surface area contributed by atoms with E-state index in [1.165, 1.54) is 0 Å². The number of piperazine rings is 1. The number of fused-ring (bicyclic) bond motifs is 3. The molecule has 19 heteroatoms. The maximum Gasteiger partial charge on any atom is 0.410 e. The zero-order valence-electron chi connectivity index (χ0n) is 43.1. The number of aromatic nitrogens is 4. The zero-order chi connectivity index (χ0) is 51.1. The highest BCUT2D eigenvalue weighted by molar-refractivity contribution is 7.13.